The predicted octanol–water partition coefficient (Wildman–Crippen LogP) is 8.31. The fourth-order valence-electron chi connectivity index (χ4n) is 6.15. The van der Waals surface area contributed by atoms with Crippen molar-refractivity contribution >= 4 is 51.1 Å². The average Bonchev–Trinajstić information content (AvgIpc) is 3.06. The Morgan fingerprint density at radius 3 is 2.35 bits per heavy atom. The summed E-state index contributed by atoms with van der Waals surface area (Å²) in [5, 5.41) is 1.55. The monoisotopic (exact) mass is 655 g/mol. The number of nitrogens with zero attached hydrogens (tertiary/aromatic N) is 5. The van der Waals surface area contributed by atoms with Crippen LogP contribution in [0.3, 0.4) is 0 Å². The van der Waals surface area contributed by atoms with Gasteiger partial charge in [0.05, 0.1) is 28.0 Å². The van der Waals surface area contributed by atoms with E-state index in [9.17, 15) is 22.8 Å². The lowest BCUT2D eigenvalue weighted by molar-refractivity contribution is -0.137. The Balaban J connectivity index is 1.26. The standard InChI is InChI=1S/C36H32F3N5O4/c1-35(2,3)48-33(45)43-14-12-42(13-15-43)31-11-9-26(18-28(31)36(37,38)39)44-32-25(21-47-34(44)46)20-41-30-10-8-22(17-27(30)32)24-16-23-6-4-5-7-29(23)40-19-24/h4-11,16-20H,12-15,21H2,1-3H3. The van der Waals surface area contributed by atoms with Gasteiger partial charge in [-0.3, -0.25) is 9.97 Å². The van der Waals surface area contributed by atoms with Crippen molar-refractivity contribution in [1.82, 2.24) is 14.9 Å². The summed E-state index contributed by atoms with van der Waals surface area (Å²) in [4.78, 5) is 39.3. The summed E-state index contributed by atoms with van der Waals surface area (Å²) in [6.45, 7) is 5.97. The highest BCUT2D eigenvalue weighted by molar-refractivity contribution is 6.08. The molecule has 246 valence electrons. The van der Waals surface area contributed by atoms with E-state index in [2.05, 4.69) is 9.97 Å². The van der Waals surface area contributed by atoms with E-state index in [4.69, 9.17) is 9.47 Å². The molecule has 0 spiro atoms. The second-order valence-electron chi connectivity index (χ2n) is 12.8. The van der Waals surface area contributed by atoms with E-state index in [0.29, 0.717) is 22.2 Å². The van der Waals surface area contributed by atoms with Crippen molar-refractivity contribution in [2.75, 3.05) is 36.0 Å². The molecule has 1 saturated heterocycles. The van der Waals surface area contributed by atoms with Gasteiger partial charge in [0.1, 0.15) is 12.2 Å². The molecule has 2 amide bonds. The third kappa shape index (κ3) is 5.94. The van der Waals surface area contributed by atoms with E-state index in [1.54, 1.807) is 38.1 Å². The molecule has 1 fully saturated rings. The topological polar surface area (TPSA) is 88.1 Å². The van der Waals surface area contributed by atoms with Gasteiger partial charge < -0.3 is 19.3 Å². The van der Waals surface area contributed by atoms with E-state index in [1.807, 2.05) is 48.5 Å². The highest BCUT2D eigenvalue weighted by Crippen LogP contribution is 2.44. The molecule has 5 aromatic rings. The number of anilines is 3. The molecule has 7 rings (SSSR count). The van der Waals surface area contributed by atoms with Crippen LogP contribution in [0.1, 0.15) is 31.9 Å². The van der Waals surface area contributed by atoms with Gasteiger partial charge in [-0.1, -0.05) is 24.3 Å². The maximum atomic E-state index is 14.7. The maximum absolute atomic E-state index is 14.7. The van der Waals surface area contributed by atoms with Crippen LogP contribution in [0.25, 0.3) is 32.9 Å². The van der Waals surface area contributed by atoms with Crippen LogP contribution >= 0.6 is 0 Å². The number of piperazine rings is 1. The van der Waals surface area contributed by atoms with E-state index in [1.165, 1.54) is 21.9 Å². The number of ether oxygens (including phenoxy) is 2. The number of rotatable bonds is 3. The number of amides is 2. The van der Waals surface area contributed by atoms with Crippen molar-refractivity contribution in [3.8, 4) is 11.1 Å². The number of para-hydroxylation sites is 1. The molecule has 0 radical (unpaired) electrons. The van der Waals surface area contributed by atoms with Crippen LogP contribution in [0, 0.1) is 0 Å². The Hall–Kier alpha value is -5.39. The van der Waals surface area contributed by atoms with Crippen molar-refractivity contribution < 1.29 is 32.2 Å². The minimum Gasteiger partial charge on any atom is -0.444 e. The van der Waals surface area contributed by atoms with Crippen molar-refractivity contribution in [1.29, 1.82) is 0 Å². The highest BCUT2D eigenvalue weighted by atomic mass is 19.4. The predicted molar refractivity (Wildman–Crippen MR) is 176 cm³/mol. The number of halogens is 3. The smallest absolute Gasteiger partial charge is 0.419 e. The van der Waals surface area contributed by atoms with Crippen LogP contribution in [0.4, 0.5) is 39.8 Å². The molecule has 4 heterocycles. The summed E-state index contributed by atoms with van der Waals surface area (Å²) in [6.07, 6.45) is -2.68. The van der Waals surface area contributed by atoms with Gasteiger partial charge in [-0.25, -0.2) is 14.5 Å². The lowest BCUT2D eigenvalue weighted by Gasteiger charge is -2.38. The van der Waals surface area contributed by atoms with Crippen LogP contribution in [0.5, 0.6) is 0 Å². The van der Waals surface area contributed by atoms with Crippen LogP contribution in [-0.4, -0.2) is 58.8 Å². The molecule has 0 aliphatic carbocycles. The number of carbonyl (C=O) groups excluding carboxylic acids is 2. The molecule has 0 atom stereocenters. The molecule has 2 aromatic heterocycles. The van der Waals surface area contributed by atoms with Crippen LogP contribution in [-0.2, 0) is 22.3 Å². The van der Waals surface area contributed by atoms with Crippen molar-refractivity contribution in [3.63, 3.8) is 0 Å². The first-order valence-electron chi connectivity index (χ1n) is 15.5. The number of hydrogen-bond acceptors (Lipinski definition) is 7. The van der Waals surface area contributed by atoms with Gasteiger partial charge in [-0.15, -0.1) is 0 Å². The molecule has 0 unspecified atom stereocenters. The highest BCUT2D eigenvalue weighted by Gasteiger charge is 2.38. The molecule has 12 heteroatoms. The summed E-state index contributed by atoms with van der Waals surface area (Å²) in [7, 11) is 0. The van der Waals surface area contributed by atoms with Crippen molar-refractivity contribution in [3.05, 3.63) is 90.3 Å². The van der Waals surface area contributed by atoms with Gasteiger partial charge in [0, 0.05) is 66.2 Å². The van der Waals surface area contributed by atoms with E-state index < -0.39 is 29.5 Å². The molecule has 0 N–H and O–H groups in total. The number of benzene rings is 3. The van der Waals surface area contributed by atoms with Gasteiger partial charge in [0.25, 0.3) is 0 Å². The van der Waals surface area contributed by atoms with Crippen LogP contribution < -0.4 is 9.80 Å². The molecule has 2 aliphatic rings. The number of hydrogen-bond donors (Lipinski definition) is 0. The number of aromatic nitrogens is 2. The van der Waals surface area contributed by atoms with Gasteiger partial charge in [0.2, 0.25) is 0 Å². The maximum Gasteiger partial charge on any atom is 0.419 e. The molecular formula is C36H32F3N5O4. The SMILES string of the molecule is CC(C)(C)OC(=O)N1CCN(c2ccc(N3C(=O)OCc4cnc5ccc(-c6cnc7ccccc7c6)cc5c43)cc2C(F)(F)F)CC1. The van der Waals surface area contributed by atoms with Crippen molar-refractivity contribution in [2.45, 2.75) is 39.2 Å². The summed E-state index contributed by atoms with van der Waals surface area (Å²) in [5.41, 5.74) is 2.45. The minimum absolute atomic E-state index is 0.00897. The summed E-state index contributed by atoms with van der Waals surface area (Å²) >= 11 is 0. The Kier molecular flexibility index (Phi) is 7.61. The molecule has 48 heavy (non-hydrogen) atoms. The normalized spacial score (nSPS) is 15.5. The lowest BCUT2D eigenvalue weighted by Crippen LogP contribution is -2.50. The zero-order chi connectivity index (χ0) is 33.8. The number of cyclic esters (lactones) is 1. The Bertz CT molecular complexity index is 2070. The summed E-state index contributed by atoms with van der Waals surface area (Å²) in [5.74, 6) is 0. The van der Waals surface area contributed by atoms with Gasteiger partial charge in [0.15, 0.2) is 0 Å². The Morgan fingerprint density at radius 1 is 0.854 bits per heavy atom. The van der Waals surface area contributed by atoms with Crippen LogP contribution in [0.15, 0.2) is 79.1 Å². The fourth-order valence-corrected chi connectivity index (χ4v) is 6.15. The zero-order valence-corrected chi connectivity index (χ0v) is 26.5. The van der Waals surface area contributed by atoms with Crippen molar-refractivity contribution in [2.24, 2.45) is 0 Å². The molecule has 9 nitrogen and oxygen atoms in total. The lowest BCUT2D eigenvalue weighted by atomic mass is 10.00. The zero-order valence-electron chi connectivity index (χ0n) is 26.5. The quantitative estimate of drug-likeness (QED) is 0.193. The van der Waals surface area contributed by atoms with Gasteiger partial charge in [-0.05, 0) is 68.8 Å². The number of fused-ring (bicyclic) bond motifs is 4. The van der Waals surface area contributed by atoms with Gasteiger partial charge >= 0.3 is 18.4 Å². The first kappa shape index (κ1) is 31.2. The largest absolute Gasteiger partial charge is 0.444 e. The first-order valence-corrected chi connectivity index (χ1v) is 15.5. The molecule has 0 saturated carbocycles. The Labute approximate surface area is 274 Å². The third-order valence-electron chi connectivity index (χ3n) is 8.41. The second kappa shape index (κ2) is 11.7. The van der Waals surface area contributed by atoms with E-state index >= 15 is 0 Å². The number of alkyl halides is 3. The third-order valence-corrected chi connectivity index (χ3v) is 8.41. The molecular weight excluding hydrogens is 623 g/mol. The second-order valence-corrected chi connectivity index (χ2v) is 12.8. The molecule has 0 bridgehead atoms. The average molecular weight is 656 g/mol. The van der Waals surface area contributed by atoms with Crippen LogP contribution in [0.2, 0.25) is 0 Å². The van der Waals surface area contributed by atoms with E-state index in [0.717, 1.165) is 28.1 Å². The molecule has 2 aliphatic heterocycles. The fraction of sp³-hybridized carbons (Fsp3) is 0.278. The number of carbonyl (C=O) groups is 2. The minimum atomic E-state index is -4.73. The summed E-state index contributed by atoms with van der Waals surface area (Å²) < 4.78 is 54.9. The first-order chi connectivity index (χ1) is 22.9. The van der Waals surface area contributed by atoms with Gasteiger partial charge in [-0.2, -0.15) is 13.2 Å². The molecule has 3 aromatic carbocycles. The summed E-state index contributed by atoms with van der Waals surface area (Å²) in [6, 6.07) is 19.2. The van der Waals surface area contributed by atoms with E-state index in [-0.39, 0.29) is 44.2 Å². The Morgan fingerprint density at radius 2 is 1.60 bits per heavy atom. The number of pyridine rings is 2.